The molecule has 0 bridgehead atoms. The van der Waals surface area contributed by atoms with Crippen LogP contribution < -0.4 is 11.6 Å². The van der Waals surface area contributed by atoms with Crippen LogP contribution in [0.1, 0.15) is 52.0 Å². The minimum Gasteiger partial charge on any atom is -0.459 e. The molecule has 0 saturated carbocycles. The highest BCUT2D eigenvalue weighted by Gasteiger charge is 2.21. The van der Waals surface area contributed by atoms with Crippen LogP contribution in [0.15, 0.2) is 30.3 Å². The zero-order valence-corrected chi connectivity index (χ0v) is 15.9. The topological polar surface area (TPSA) is 108 Å². The molecule has 26 heavy (non-hydrogen) atoms. The van der Waals surface area contributed by atoms with Gasteiger partial charge in [0.1, 0.15) is 18.2 Å². The van der Waals surface area contributed by atoms with Crippen molar-refractivity contribution in [2.45, 2.75) is 64.7 Å². The van der Waals surface area contributed by atoms with E-state index in [9.17, 15) is 9.59 Å². The average Bonchev–Trinajstić information content (AvgIpc) is 2.58. The van der Waals surface area contributed by atoms with Gasteiger partial charge in [-0.1, -0.05) is 43.2 Å². The number of amides is 1. The van der Waals surface area contributed by atoms with E-state index in [4.69, 9.17) is 21.1 Å². The highest BCUT2D eigenvalue weighted by atomic mass is 16.6. The largest absolute Gasteiger partial charge is 0.459 e. The van der Waals surface area contributed by atoms with Crippen molar-refractivity contribution in [3.8, 4) is 0 Å². The Morgan fingerprint density at radius 1 is 1.12 bits per heavy atom. The number of esters is 1. The summed E-state index contributed by atoms with van der Waals surface area (Å²) >= 11 is 0. The van der Waals surface area contributed by atoms with Gasteiger partial charge in [0.2, 0.25) is 0 Å². The van der Waals surface area contributed by atoms with Crippen molar-refractivity contribution >= 4 is 12.1 Å². The van der Waals surface area contributed by atoms with Crippen molar-refractivity contribution in [3.05, 3.63) is 35.9 Å². The van der Waals surface area contributed by atoms with E-state index in [2.05, 4.69) is 0 Å². The Labute approximate surface area is 155 Å². The Morgan fingerprint density at radius 2 is 1.77 bits per heavy atom. The predicted octanol–water partition coefficient (Wildman–Crippen LogP) is 2.73. The molecule has 0 heterocycles. The maximum Gasteiger partial charge on any atom is 0.424 e. The first-order valence-electron chi connectivity index (χ1n) is 8.90. The van der Waals surface area contributed by atoms with Crippen molar-refractivity contribution in [1.29, 1.82) is 0 Å². The number of rotatable bonds is 9. The summed E-state index contributed by atoms with van der Waals surface area (Å²) in [6.45, 7) is 6.01. The van der Waals surface area contributed by atoms with E-state index in [1.807, 2.05) is 51.1 Å². The molecule has 1 aromatic rings. The molecule has 0 aliphatic carbocycles. The fourth-order valence-electron chi connectivity index (χ4n) is 2.21. The molecule has 0 saturated heterocycles. The van der Waals surface area contributed by atoms with Gasteiger partial charge in [-0.05, 0) is 39.2 Å². The second-order valence-corrected chi connectivity index (χ2v) is 7.22. The van der Waals surface area contributed by atoms with Crippen molar-refractivity contribution in [2.24, 2.45) is 11.6 Å². The van der Waals surface area contributed by atoms with E-state index < -0.39 is 17.7 Å². The number of hydrogen-bond acceptors (Lipinski definition) is 6. The van der Waals surface area contributed by atoms with Crippen LogP contribution >= 0.6 is 0 Å². The van der Waals surface area contributed by atoms with E-state index in [0.29, 0.717) is 19.4 Å². The van der Waals surface area contributed by atoms with Crippen LogP contribution in [0.2, 0.25) is 0 Å². The minimum absolute atomic E-state index is 0.193. The van der Waals surface area contributed by atoms with Gasteiger partial charge in [-0.3, -0.25) is 4.79 Å². The van der Waals surface area contributed by atoms with E-state index in [-0.39, 0.29) is 12.6 Å². The van der Waals surface area contributed by atoms with Crippen LogP contribution in [0.25, 0.3) is 0 Å². The lowest BCUT2D eigenvalue weighted by atomic mass is 10.1. The zero-order valence-electron chi connectivity index (χ0n) is 15.9. The summed E-state index contributed by atoms with van der Waals surface area (Å²) < 4.78 is 10.4. The standard InChI is InChI=1S/C19H31N3O4/c1-19(2,3)26-17(23)16(20)12-8-5-9-13-22(21)18(24)25-14-15-10-6-4-7-11-15/h4,6-7,10-11,16H,5,8-9,12-14,20-21H2,1-3H3. The summed E-state index contributed by atoms with van der Waals surface area (Å²) in [6, 6.07) is 8.79. The van der Waals surface area contributed by atoms with Crippen molar-refractivity contribution in [1.82, 2.24) is 5.01 Å². The molecule has 0 radical (unpaired) electrons. The van der Waals surface area contributed by atoms with Crippen LogP contribution in [-0.2, 0) is 20.9 Å². The molecule has 7 nitrogen and oxygen atoms in total. The Morgan fingerprint density at radius 3 is 2.38 bits per heavy atom. The molecule has 4 N–H and O–H groups in total. The van der Waals surface area contributed by atoms with Crippen molar-refractivity contribution < 1.29 is 19.1 Å². The Bertz CT molecular complexity index is 558. The summed E-state index contributed by atoms with van der Waals surface area (Å²) in [5.74, 6) is 5.31. The molecule has 146 valence electrons. The van der Waals surface area contributed by atoms with Gasteiger partial charge in [-0.2, -0.15) is 0 Å². The third-order valence-corrected chi connectivity index (χ3v) is 3.56. The number of unbranched alkanes of at least 4 members (excludes halogenated alkanes) is 2. The fraction of sp³-hybridized carbons (Fsp3) is 0.579. The molecular weight excluding hydrogens is 334 g/mol. The predicted molar refractivity (Wildman–Crippen MR) is 99.8 cm³/mol. The number of nitrogens with two attached hydrogens (primary N) is 2. The first-order chi connectivity index (χ1) is 12.2. The second-order valence-electron chi connectivity index (χ2n) is 7.22. The molecule has 1 aromatic carbocycles. The molecule has 1 amide bonds. The van der Waals surface area contributed by atoms with Gasteiger partial charge in [-0.15, -0.1) is 0 Å². The number of carbonyl (C=O) groups excluding carboxylic acids is 2. The summed E-state index contributed by atoms with van der Waals surface area (Å²) in [5.41, 5.74) is 6.20. The summed E-state index contributed by atoms with van der Waals surface area (Å²) in [5, 5.41) is 1.07. The first kappa shape index (κ1) is 21.9. The Kier molecular flexibility index (Phi) is 9.09. The van der Waals surface area contributed by atoms with Crippen LogP contribution in [-0.4, -0.2) is 35.3 Å². The monoisotopic (exact) mass is 365 g/mol. The number of nitrogens with zero attached hydrogens (tertiary/aromatic N) is 1. The molecular formula is C19H31N3O4. The molecule has 1 atom stereocenters. The maximum absolute atomic E-state index is 11.8. The van der Waals surface area contributed by atoms with E-state index in [0.717, 1.165) is 23.4 Å². The molecule has 0 fully saturated rings. The van der Waals surface area contributed by atoms with Crippen molar-refractivity contribution in [3.63, 3.8) is 0 Å². The first-order valence-corrected chi connectivity index (χ1v) is 8.90. The normalized spacial score (nSPS) is 12.3. The Hall–Kier alpha value is -2.12. The van der Waals surface area contributed by atoms with Gasteiger partial charge in [-0.25, -0.2) is 15.6 Å². The SMILES string of the molecule is CC(C)(C)OC(=O)C(N)CCCCCN(N)C(=O)OCc1ccccc1. The van der Waals surface area contributed by atoms with E-state index in [1.165, 1.54) is 0 Å². The molecule has 0 spiro atoms. The van der Waals surface area contributed by atoms with E-state index in [1.54, 1.807) is 0 Å². The Balaban J connectivity index is 2.14. The number of benzene rings is 1. The zero-order chi connectivity index (χ0) is 19.6. The van der Waals surface area contributed by atoms with Gasteiger partial charge in [0, 0.05) is 6.54 Å². The van der Waals surface area contributed by atoms with E-state index >= 15 is 0 Å². The number of hydrazine groups is 1. The molecule has 1 rings (SSSR count). The lowest BCUT2D eigenvalue weighted by Gasteiger charge is -2.22. The highest BCUT2D eigenvalue weighted by Crippen LogP contribution is 2.11. The minimum atomic E-state index is -0.626. The number of ether oxygens (including phenoxy) is 2. The molecule has 7 heteroatoms. The number of carbonyl (C=O) groups is 2. The van der Waals surface area contributed by atoms with Gasteiger partial charge in [0.05, 0.1) is 0 Å². The van der Waals surface area contributed by atoms with Crippen LogP contribution in [0.3, 0.4) is 0 Å². The maximum atomic E-state index is 11.8. The van der Waals surface area contributed by atoms with Gasteiger partial charge >= 0.3 is 12.1 Å². The lowest BCUT2D eigenvalue weighted by molar-refractivity contribution is -0.156. The quantitative estimate of drug-likeness (QED) is 0.229. The van der Waals surface area contributed by atoms with Gasteiger partial charge in [0.15, 0.2) is 0 Å². The van der Waals surface area contributed by atoms with Crippen molar-refractivity contribution in [2.75, 3.05) is 6.54 Å². The third-order valence-electron chi connectivity index (χ3n) is 3.56. The molecule has 0 aliphatic heterocycles. The molecule has 1 unspecified atom stereocenters. The fourth-order valence-corrected chi connectivity index (χ4v) is 2.21. The van der Waals surface area contributed by atoms with Crippen LogP contribution in [0, 0.1) is 0 Å². The summed E-state index contributed by atoms with van der Waals surface area (Å²) in [7, 11) is 0. The van der Waals surface area contributed by atoms with Gasteiger partial charge in [0.25, 0.3) is 0 Å². The smallest absolute Gasteiger partial charge is 0.424 e. The van der Waals surface area contributed by atoms with Crippen LogP contribution in [0.5, 0.6) is 0 Å². The third kappa shape index (κ3) is 9.39. The molecule has 0 aromatic heterocycles. The molecule has 0 aliphatic rings. The van der Waals surface area contributed by atoms with Crippen LogP contribution in [0.4, 0.5) is 4.79 Å². The number of hydrogen-bond donors (Lipinski definition) is 2. The average molecular weight is 365 g/mol. The lowest BCUT2D eigenvalue weighted by Crippen LogP contribution is -2.38. The summed E-state index contributed by atoms with van der Waals surface area (Å²) in [6.07, 6.45) is 2.25. The summed E-state index contributed by atoms with van der Waals surface area (Å²) in [4.78, 5) is 23.6. The van der Waals surface area contributed by atoms with Gasteiger partial charge < -0.3 is 15.2 Å². The second kappa shape index (κ2) is 10.8. The highest BCUT2D eigenvalue weighted by molar-refractivity contribution is 5.75.